The van der Waals surface area contributed by atoms with Crippen molar-refractivity contribution in [3.63, 3.8) is 0 Å². The third kappa shape index (κ3) is 2.07. The summed E-state index contributed by atoms with van der Waals surface area (Å²) in [6, 6.07) is 13.2. The topological polar surface area (TPSA) is 21.3 Å². The summed E-state index contributed by atoms with van der Waals surface area (Å²) >= 11 is 0. The second-order valence-corrected chi connectivity index (χ2v) is 5.26. The van der Waals surface area contributed by atoms with Crippen molar-refractivity contribution in [3.8, 4) is 5.75 Å². The van der Waals surface area contributed by atoms with Crippen LogP contribution in [0.15, 0.2) is 36.4 Å². The zero-order chi connectivity index (χ0) is 13.4. The van der Waals surface area contributed by atoms with E-state index in [4.69, 9.17) is 4.74 Å². The number of methoxy groups -OCH3 is 1. The number of hydrogen-bond acceptors (Lipinski definition) is 2. The minimum Gasteiger partial charge on any atom is -0.496 e. The molecule has 2 heteroatoms. The highest BCUT2D eigenvalue weighted by Gasteiger charge is 2.25. The molecule has 2 aromatic rings. The van der Waals surface area contributed by atoms with E-state index < -0.39 is 0 Å². The number of benzene rings is 2. The molecule has 1 atom stereocenters. The van der Waals surface area contributed by atoms with Crippen LogP contribution >= 0.6 is 0 Å². The summed E-state index contributed by atoms with van der Waals surface area (Å²) in [6.45, 7) is 4.27. The van der Waals surface area contributed by atoms with Crippen LogP contribution < -0.4 is 10.1 Å². The molecule has 19 heavy (non-hydrogen) atoms. The van der Waals surface area contributed by atoms with Crippen LogP contribution in [0, 0.1) is 13.8 Å². The molecule has 0 saturated carbocycles. The number of nitrogens with one attached hydrogen (secondary N) is 1. The maximum atomic E-state index is 5.58. The van der Waals surface area contributed by atoms with Gasteiger partial charge in [-0.25, -0.2) is 0 Å². The minimum absolute atomic E-state index is 0.313. The van der Waals surface area contributed by atoms with Gasteiger partial charge in [0.15, 0.2) is 0 Å². The average Bonchev–Trinajstić information content (AvgIpc) is 2.80. The fraction of sp³-hybridized carbons (Fsp3) is 0.294. The van der Waals surface area contributed by atoms with E-state index in [0.29, 0.717) is 6.04 Å². The van der Waals surface area contributed by atoms with Crippen molar-refractivity contribution in [2.24, 2.45) is 0 Å². The molecule has 0 bridgehead atoms. The summed E-state index contributed by atoms with van der Waals surface area (Å²) in [7, 11) is 1.75. The van der Waals surface area contributed by atoms with Crippen LogP contribution in [0.4, 0.5) is 5.69 Å². The molecule has 0 aliphatic carbocycles. The van der Waals surface area contributed by atoms with E-state index in [2.05, 4.69) is 55.6 Å². The van der Waals surface area contributed by atoms with E-state index in [9.17, 15) is 0 Å². The molecule has 1 heterocycles. The Labute approximate surface area is 114 Å². The molecule has 0 aromatic heterocycles. The fourth-order valence-corrected chi connectivity index (χ4v) is 3.03. The molecule has 1 aliphatic rings. The van der Waals surface area contributed by atoms with E-state index in [1.807, 2.05) is 0 Å². The monoisotopic (exact) mass is 253 g/mol. The van der Waals surface area contributed by atoms with E-state index in [-0.39, 0.29) is 0 Å². The maximum Gasteiger partial charge on any atom is 0.124 e. The molecular formula is C17H19NO. The quantitative estimate of drug-likeness (QED) is 0.872. The maximum absolute atomic E-state index is 5.58. The molecule has 0 amide bonds. The van der Waals surface area contributed by atoms with Gasteiger partial charge < -0.3 is 10.1 Å². The SMILES string of the molecule is COc1cc(C)cc(C)c1C1Cc2ccccc2N1. The smallest absolute Gasteiger partial charge is 0.124 e. The number of anilines is 1. The second-order valence-electron chi connectivity index (χ2n) is 5.26. The Morgan fingerprint density at radius 3 is 2.68 bits per heavy atom. The number of ether oxygens (including phenoxy) is 1. The van der Waals surface area contributed by atoms with E-state index in [1.165, 1.54) is 27.9 Å². The molecule has 2 aromatic carbocycles. The summed E-state index contributed by atoms with van der Waals surface area (Å²) in [5.74, 6) is 0.989. The Balaban J connectivity index is 2.01. The lowest BCUT2D eigenvalue weighted by Crippen LogP contribution is -2.10. The molecule has 1 aliphatic heterocycles. The Bertz CT molecular complexity index is 594. The van der Waals surface area contributed by atoms with Gasteiger partial charge in [-0.1, -0.05) is 24.3 Å². The van der Waals surface area contributed by atoms with E-state index in [0.717, 1.165) is 12.2 Å². The summed E-state index contributed by atoms with van der Waals surface area (Å²) in [6.07, 6.45) is 1.02. The minimum atomic E-state index is 0.313. The van der Waals surface area contributed by atoms with Crippen LogP contribution in [0.2, 0.25) is 0 Å². The largest absolute Gasteiger partial charge is 0.496 e. The van der Waals surface area contributed by atoms with Gasteiger partial charge >= 0.3 is 0 Å². The van der Waals surface area contributed by atoms with Crippen molar-refractivity contribution in [2.75, 3.05) is 12.4 Å². The van der Waals surface area contributed by atoms with Crippen molar-refractivity contribution in [1.29, 1.82) is 0 Å². The molecule has 3 rings (SSSR count). The van der Waals surface area contributed by atoms with Gasteiger partial charge in [0.1, 0.15) is 5.75 Å². The first kappa shape index (κ1) is 12.1. The molecule has 1 N–H and O–H groups in total. The Morgan fingerprint density at radius 1 is 1.16 bits per heavy atom. The lowest BCUT2D eigenvalue weighted by molar-refractivity contribution is 0.406. The molecule has 2 nitrogen and oxygen atoms in total. The van der Waals surface area contributed by atoms with Gasteiger partial charge in [0, 0.05) is 11.3 Å². The van der Waals surface area contributed by atoms with E-state index >= 15 is 0 Å². The number of rotatable bonds is 2. The normalized spacial score (nSPS) is 16.9. The van der Waals surface area contributed by atoms with Gasteiger partial charge in [0.05, 0.1) is 13.2 Å². The first-order valence-electron chi connectivity index (χ1n) is 6.68. The van der Waals surface area contributed by atoms with Crippen LogP contribution in [0.3, 0.4) is 0 Å². The number of fused-ring (bicyclic) bond motifs is 1. The Hall–Kier alpha value is -1.96. The molecule has 0 saturated heterocycles. The fourth-order valence-electron chi connectivity index (χ4n) is 3.03. The molecule has 98 valence electrons. The third-order valence-corrected chi connectivity index (χ3v) is 3.83. The standard InChI is InChI=1S/C17H19NO/c1-11-8-12(2)17(16(9-11)19-3)15-10-13-6-4-5-7-14(13)18-15/h4-9,15,18H,10H2,1-3H3. The van der Waals surface area contributed by atoms with Crippen LogP contribution in [0.25, 0.3) is 0 Å². The predicted molar refractivity (Wildman–Crippen MR) is 79.0 cm³/mol. The predicted octanol–water partition coefficient (Wildman–Crippen LogP) is 4.02. The zero-order valence-electron chi connectivity index (χ0n) is 11.7. The van der Waals surface area contributed by atoms with Crippen molar-refractivity contribution in [1.82, 2.24) is 0 Å². The Kier molecular flexibility index (Phi) is 2.94. The molecule has 0 fully saturated rings. The lowest BCUT2D eigenvalue weighted by atomic mass is 9.96. The zero-order valence-corrected chi connectivity index (χ0v) is 11.7. The highest BCUT2D eigenvalue weighted by atomic mass is 16.5. The summed E-state index contributed by atoms with van der Waals surface area (Å²) in [5.41, 5.74) is 6.45. The van der Waals surface area contributed by atoms with Crippen LogP contribution in [0.1, 0.15) is 28.3 Å². The van der Waals surface area contributed by atoms with Crippen molar-refractivity contribution < 1.29 is 4.74 Å². The number of para-hydroxylation sites is 1. The summed E-state index contributed by atoms with van der Waals surface area (Å²) in [5, 5.41) is 3.61. The molecular weight excluding hydrogens is 234 g/mol. The Morgan fingerprint density at radius 2 is 1.95 bits per heavy atom. The lowest BCUT2D eigenvalue weighted by Gasteiger charge is -2.19. The van der Waals surface area contributed by atoms with Crippen LogP contribution in [-0.2, 0) is 6.42 Å². The van der Waals surface area contributed by atoms with Gasteiger partial charge in [-0.05, 0) is 49.1 Å². The average molecular weight is 253 g/mol. The van der Waals surface area contributed by atoms with Gasteiger partial charge in [-0.2, -0.15) is 0 Å². The van der Waals surface area contributed by atoms with E-state index in [1.54, 1.807) is 7.11 Å². The van der Waals surface area contributed by atoms with Gasteiger partial charge in [-0.15, -0.1) is 0 Å². The first-order valence-corrected chi connectivity index (χ1v) is 6.68. The first-order chi connectivity index (χ1) is 9.19. The summed E-state index contributed by atoms with van der Waals surface area (Å²) < 4.78 is 5.58. The highest BCUT2D eigenvalue weighted by molar-refractivity contribution is 5.60. The summed E-state index contributed by atoms with van der Waals surface area (Å²) in [4.78, 5) is 0. The number of aryl methyl sites for hydroxylation is 2. The van der Waals surface area contributed by atoms with Crippen molar-refractivity contribution in [2.45, 2.75) is 26.3 Å². The number of hydrogen-bond donors (Lipinski definition) is 1. The van der Waals surface area contributed by atoms with Crippen molar-refractivity contribution >= 4 is 5.69 Å². The van der Waals surface area contributed by atoms with Crippen LogP contribution in [0.5, 0.6) is 5.75 Å². The molecule has 1 unspecified atom stereocenters. The van der Waals surface area contributed by atoms with Gasteiger partial charge in [-0.3, -0.25) is 0 Å². The van der Waals surface area contributed by atoms with Crippen molar-refractivity contribution in [3.05, 3.63) is 58.7 Å². The second kappa shape index (κ2) is 4.61. The van der Waals surface area contributed by atoms with Gasteiger partial charge in [0.25, 0.3) is 0 Å². The van der Waals surface area contributed by atoms with Gasteiger partial charge in [0.2, 0.25) is 0 Å². The molecule has 0 spiro atoms. The van der Waals surface area contributed by atoms with Crippen LogP contribution in [-0.4, -0.2) is 7.11 Å². The third-order valence-electron chi connectivity index (χ3n) is 3.83. The highest BCUT2D eigenvalue weighted by Crippen LogP contribution is 2.39. The molecule has 0 radical (unpaired) electrons.